The normalized spacial score (nSPS) is 21.7. The standard InChI is InChI=1S/C16H17N3O2/c20-16(13-5-9-18-10-6-13)19-14-2-1-11-21-15(14)12-3-7-17-8-4-12/h3-10,14-15H,1-2,11H2,(H,19,20)/t14-,15+/m0/s1. The maximum Gasteiger partial charge on any atom is 0.251 e. The lowest BCUT2D eigenvalue weighted by molar-refractivity contribution is -0.00950. The van der Waals surface area contributed by atoms with E-state index in [2.05, 4.69) is 15.3 Å². The fourth-order valence-corrected chi connectivity index (χ4v) is 2.57. The van der Waals surface area contributed by atoms with E-state index < -0.39 is 0 Å². The highest BCUT2D eigenvalue weighted by atomic mass is 16.5. The first-order valence-corrected chi connectivity index (χ1v) is 7.07. The summed E-state index contributed by atoms with van der Waals surface area (Å²) in [5.74, 6) is -0.0908. The van der Waals surface area contributed by atoms with Crippen LogP contribution in [-0.4, -0.2) is 28.5 Å². The largest absolute Gasteiger partial charge is 0.371 e. The molecule has 1 N–H and O–H groups in total. The first-order chi connectivity index (χ1) is 10.3. The van der Waals surface area contributed by atoms with E-state index in [1.165, 1.54) is 0 Å². The molecule has 3 heterocycles. The number of nitrogens with one attached hydrogen (secondary N) is 1. The molecule has 0 unspecified atom stereocenters. The first-order valence-electron chi connectivity index (χ1n) is 7.07. The van der Waals surface area contributed by atoms with Crippen molar-refractivity contribution < 1.29 is 9.53 Å². The second-order valence-corrected chi connectivity index (χ2v) is 5.03. The Labute approximate surface area is 123 Å². The zero-order chi connectivity index (χ0) is 14.5. The summed E-state index contributed by atoms with van der Waals surface area (Å²) in [5, 5.41) is 3.07. The van der Waals surface area contributed by atoms with Gasteiger partial charge in [0.1, 0.15) is 6.10 Å². The van der Waals surface area contributed by atoms with Crippen LogP contribution in [0.5, 0.6) is 0 Å². The minimum atomic E-state index is -0.118. The van der Waals surface area contributed by atoms with Gasteiger partial charge in [-0.3, -0.25) is 14.8 Å². The van der Waals surface area contributed by atoms with Crippen LogP contribution in [-0.2, 0) is 4.74 Å². The number of carbonyl (C=O) groups is 1. The molecule has 5 nitrogen and oxygen atoms in total. The lowest BCUT2D eigenvalue weighted by Crippen LogP contribution is -2.42. The Bertz CT molecular complexity index is 589. The van der Waals surface area contributed by atoms with E-state index in [-0.39, 0.29) is 18.1 Å². The summed E-state index contributed by atoms with van der Waals surface area (Å²) in [7, 11) is 0. The Morgan fingerprint density at radius 2 is 1.76 bits per heavy atom. The number of hydrogen-bond donors (Lipinski definition) is 1. The summed E-state index contributed by atoms with van der Waals surface area (Å²) in [5.41, 5.74) is 1.66. The van der Waals surface area contributed by atoms with Gasteiger partial charge in [0.05, 0.1) is 6.04 Å². The third-order valence-electron chi connectivity index (χ3n) is 3.62. The fraction of sp³-hybridized carbons (Fsp3) is 0.312. The van der Waals surface area contributed by atoms with Crippen molar-refractivity contribution >= 4 is 5.91 Å². The fourth-order valence-electron chi connectivity index (χ4n) is 2.57. The molecule has 1 aliphatic heterocycles. The molecule has 0 aromatic carbocycles. The van der Waals surface area contributed by atoms with Crippen molar-refractivity contribution in [2.75, 3.05) is 6.61 Å². The molecule has 0 radical (unpaired) electrons. The molecule has 3 rings (SSSR count). The second-order valence-electron chi connectivity index (χ2n) is 5.03. The average Bonchev–Trinajstić information content (AvgIpc) is 2.57. The van der Waals surface area contributed by atoms with Crippen molar-refractivity contribution in [3.05, 3.63) is 60.2 Å². The smallest absolute Gasteiger partial charge is 0.251 e. The molecule has 1 aliphatic rings. The van der Waals surface area contributed by atoms with E-state index in [1.807, 2.05) is 12.1 Å². The number of nitrogens with zero attached hydrogens (tertiary/aromatic N) is 2. The number of ether oxygens (including phenoxy) is 1. The molecular formula is C16H17N3O2. The zero-order valence-electron chi connectivity index (χ0n) is 11.6. The van der Waals surface area contributed by atoms with Crippen molar-refractivity contribution in [1.29, 1.82) is 0 Å². The van der Waals surface area contributed by atoms with E-state index in [0.29, 0.717) is 12.2 Å². The van der Waals surface area contributed by atoms with E-state index in [4.69, 9.17) is 4.74 Å². The number of rotatable bonds is 3. The Kier molecular flexibility index (Phi) is 4.21. The van der Waals surface area contributed by atoms with Gasteiger partial charge in [0.15, 0.2) is 0 Å². The van der Waals surface area contributed by atoms with E-state index in [0.717, 1.165) is 18.4 Å². The van der Waals surface area contributed by atoms with Crippen LogP contribution in [0.1, 0.15) is 34.9 Å². The monoisotopic (exact) mass is 283 g/mol. The lowest BCUT2D eigenvalue weighted by atomic mass is 9.96. The maximum absolute atomic E-state index is 12.3. The first kappa shape index (κ1) is 13.7. The van der Waals surface area contributed by atoms with Crippen LogP contribution in [0.25, 0.3) is 0 Å². The van der Waals surface area contributed by atoms with E-state index >= 15 is 0 Å². The molecule has 2 atom stereocenters. The Balaban J connectivity index is 1.75. The molecule has 1 saturated heterocycles. The summed E-state index contributed by atoms with van der Waals surface area (Å²) in [6, 6.07) is 7.26. The number of pyridine rings is 2. The topological polar surface area (TPSA) is 64.1 Å². The molecule has 0 bridgehead atoms. The Morgan fingerprint density at radius 1 is 1.10 bits per heavy atom. The van der Waals surface area contributed by atoms with Gasteiger partial charge in [-0.15, -0.1) is 0 Å². The van der Waals surface area contributed by atoms with Gasteiger partial charge in [0.2, 0.25) is 0 Å². The van der Waals surface area contributed by atoms with Gasteiger partial charge in [0, 0.05) is 37.0 Å². The van der Waals surface area contributed by atoms with Crippen molar-refractivity contribution in [3.8, 4) is 0 Å². The minimum Gasteiger partial charge on any atom is -0.371 e. The quantitative estimate of drug-likeness (QED) is 0.937. The molecule has 108 valence electrons. The Hall–Kier alpha value is -2.27. The average molecular weight is 283 g/mol. The molecule has 5 heteroatoms. The lowest BCUT2D eigenvalue weighted by Gasteiger charge is -2.32. The summed E-state index contributed by atoms with van der Waals surface area (Å²) < 4.78 is 5.86. The van der Waals surface area contributed by atoms with Crippen molar-refractivity contribution in [2.24, 2.45) is 0 Å². The molecule has 1 amide bonds. The minimum absolute atomic E-state index is 0.0261. The maximum atomic E-state index is 12.3. The number of aromatic nitrogens is 2. The summed E-state index contributed by atoms with van der Waals surface area (Å²) in [6.07, 6.45) is 8.46. The third kappa shape index (κ3) is 3.25. The van der Waals surface area contributed by atoms with Crippen LogP contribution in [0.15, 0.2) is 49.1 Å². The summed E-state index contributed by atoms with van der Waals surface area (Å²) in [4.78, 5) is 20.2. The molecule has 0 spiro atoms. The van der Waals surface area contributed by atoms with E-state index in [1.54, 1.807) is 36.9 Å². The molecular weight excluding hydrogens is 266 g/mol. The van der Waals surface area contributed by atoms with Gasteiger partial charge in [0.25, 0.3) is 5.91 Å². The van der Waals surface area contributed by atoms with Crippen LogP contribution in [0.2, 0.25) is 0 Å². The predicted octanol–water partition coefficient (Wildman–Crippen LogP) is 2.13. The van der Waals surface area contributed by atoms with Crippen LogP contribution in [0.3, 0.4) is 0 Å². The zero-order valence-corrected chi connectivity index (χ0v) is 11.6. The van der Waals surface area contributed by atoms with Gasteiger partial charge in [-0.05, 0) is 42.7 Å². The van der Waals surface area contributed by atoms with Gasteiger partial charge < -0.3 is 10.1 Å². The van der Waals surface area contributed by atoms with Gasteiger partial charge >= 0.3 is 0 Å². The van der Waals surface area contributed by atoms with Crippen molar-refractivity contribution in [2.45, 2.75) is 25.0 Å². The third-order valence-corrected chi connectivity index (χ3v) is 3.62. The van der Waals surface area contributed by atoms with Crippen LogP contribution in [0.4, 0.5) is 0 Å². The van der Waals surface area contributed by atoms with Crippen LogP contribution < -0.4 is 5.32 Å². The number of hydrogen-bond acceptors (Lipinski definition) is 4. The highest BCUT2D eigenvalue weighted by molar-refractivity contribution is 5.94. The van der Waals surface area contributed by atoms with Gasteiger partial charge in [-0.2, -0.15) is 0 Å². The summed E-state index contributed by atoms with van der Waals surface area (Å²) >= 11 is 0. The molecule has 1 fully saturated rings. The summed E-state index contributed by atoms with van der Waals surface area (Å²) in [6.45, 7) is 0.717. The van der Waals surface area contributed by atoms with Gasteiger partial charge in [-0.1, -0.05) is 0 Å². The number of amides is 1. The molecule has 2 aromatic heterocycles. The highest BCUT2D eigenvalue weighted by Crippen LogP contribution is 2.28. The Morgan fingerprint density at radius 3 is 2.48 bits per heavy atom. The SMILES string of the molecule is O=C(N[C@H]1CCCO[C@@H]1c1ccncc1)c1ccncc1. The predicted molar refractivity (Wildman–Crippen MR) is 77.7 cm³/mol. The number of carbonyl (C=O) groups excluding carboxylic acids is 1. The van der Waals surface area contributed by atoms with Crippen LogP contribution in [0, 0.1) is 0 Å². The van der Waals surface area contributed by atoms with E-state index in [9.17, 15) is 4.79 Å². The van der Waals surface area contributed by atoms with Gasteiger partial charge in [-0.25, -0.2) is 0 Å². The van der Waals surface area contributed by atoms with Crippen molar-refractivity contribution in [1.82, 2.24) is 15.3 Å². The van der Waals surface area contributed by atoms with Crippen LogP contribution >= 0.6 is 0 Å². The second kappa shape index (κ2) is 6.45. The molecule has 0 saturated carbocycles. The molecule has 21 heavy (non-hydrogen) atoms. The molecule has 0 aliphatic carbocycles. The highest BCUT2D eigenvalue weighted by Gasteiger charge is 2.28. The van der Waals surface area contributed by atoms with Crippen molar-refractivity contribution in [3.63, 3.8) is 0 Å². The molecule has 2 aromatic rings.